The van der Waals surface area contributed by atoms with Crippen molar-refractivity contribution >= 4 is 34.8 Å². The highest BCUT2D eigenvalue weighted by molar-refractivity contribution is 7.12. The number of carbonyl (C=O) groups is 3. The summed E-state index contributed by atoms with van der Waals surface area (Å²) >= 11 is 1.51. The van der Waals surface area contributed by atoms with Crippen molar-refractivity contribution in [2.45, 2.75) is 27.7 Å². The number of rotatable bonds is 7. The molecule has 7 heteroatoms. The predicted octanol–water partition coefficient (Wildman–Crippen LogP) is 3.64. The summed E-state index contributed by atoms with van der Waals surface area (Å²) in [5, 5.41) is 2.65. The van der Waals surface area contributed by atoms with Gasteiger partial charge in [-0.15, -0.1) is 11.3 Å². The maximum Gasteiger partial charge on any atom is 0.339 e. The first-order chi connectivity index (χ1) is 12.8. The van der Waals surface area contributed by atoms with Gasteiger partial charge in [-0.3, -0.25) is 9.59 Å². The fourth-order valence-corrected chi connectivity index (χ4v) is 3.57. The summed E-state index contributed by atoms with van der Waals surface area (Å²) in [7, 11) is 0. The average Bonchev–Trinajstić information content (AvgIpc) is 2.99. The molecule has 144 valence electrons. The van der Waals surface area contributed by atoms with Gasteiger partial charge in [0, 0.05) is 34.1 Å². The number of benzene rings is 1. The van der Waals surface area contributed by atoms with Crippen LogP contribution in [0.25, 0.3) is 0 Å². The first kappa shape index (κ1) is 20.6. The smallest absolute Gasteiger partial charge is 0.339 e. The molecule has 0 aliphatic heterocycles. The number of carbonyl (C=O) groups excluding carboxylic acids is 3. The van der Waals surface area contributed by atoms with Crippen molar-refractivity contribution < 1.29 is 19.1 Å². The molecule has 2 amide bonds. The van der Waals surface area contributed by atoms with Gasteiger partial charge in [0.15, 0.2) is 6.61 Å². The van der Waals surface area contributed by atoms with E-state index in [-0.39, 0.29) is 12.5 Å². The van der Waals surface area contributed by atoms with E-state index in [1.807, 2.05) is 27.7 Å². The quantitative estimate of drug-likeness (QED) is 0.735. The lowest BCUT2D eigenvalue weighted by Crippen LogP contribution is -2.30. The van der Waals surface area contributed by atoms with Gasteiger partial charge in [0.25, 0.3) is 11.8 Å². The first-order valence-electron chi connectivity index (χ1n) is 8.79. The number of anilines is 1. The molecule has 0 bridgehead atoms. The summed E-state index contributed by atoms with van der Waals surface area (Å²) in [5.74, 6) is -1.07. The molecular formula is C20H24N2O4S. The summed E-state index contributed by atoms with van der Waals surface area (Å²) in [4.78, 5) is 40.1. The van der Waals surface area contributed by atoms with E-state index < -0.39 is 11.9 Å². The Labute approximate surface area is 163 Å². The molecule has 0 unspecified atom stereocenters. The van der Waals surface area contributed by atoms with E-state index in [1.165, 1.54) is 11.3 Å². The van der Waals surface area contributed by atoms with Gasteiger partial charge in [-0.2, -0.15) is 0 Å². The number of thiophene rings is 1. The third-order valence-electron chi connectivity index (χ3n) is 4.04. The van der Waals surface area contributed by atoms with Crippen LogP contribution in [-0.2, 0) is 9.53 Å². The molecule has 6 nitrogen and oxygen atoms in total. The lowest BCUT2D eigenvalue weighted by molar-refractivity contribution is -0.119. The fourth-order valence-electron chi connectivity index (χ4n) is 2.66. The molecule has 2 rings (SSSR count). The monoisotopic (exact) mass is 388 g/mol. The first-order valence-corrected chi connectivity index (χ1v) is 9.60. The van der Waals surface area contributed by atoms with Crippen LogP contribution in [0.5, 0.6) is 0 Å². The Kier molecular flexibility index (Phi) is 7.12. The molecule has 1 N–H and O–H groups in total. The number of amides is 2. The molecule has 1 heterocycles. The number of nitrogens with one attached hydrogen (secondary N) is 1. The second-order valence-corrected chi connectivity index (χ2v) is 7.47. The van der Waals surface area contributed by atoms with Crippen molar-refractivity contribution in [3.63, 3.8) is 0 Å². The normalized spacial score (nSPS) is 10.4. The van der Waals surface area contributed by atoms with E-state index in [0.29, 0.717) is 29.9 Å². The van der Waals surface area contributed by atoms with E-state index in [2.05, 4.69) is 5.32 Å². The second kappa shape index (κ2) is 9.32. The van der Waals surface area contributed by atoms with Crippen LogP contribution in [0.2, 0.25) is 0 Å². The molecule has 0 saturated heterocycles. The van der Waals surface area contributed by atoms with Gasteiger partial charge in [-0.25, -0.2) is 4.79 Å². The number of hydrogen-bond acceptors (Lipinski definition) is 5. The van der Waals surface area contributed by atoms with Crippen molar-refractivity contribution in [3.05, 3.63) is 51.2 Å². The highest BCUT2D eigenvalue weighted by atomic mass is 32.1. The highest BCUT2D eigenvalue weighted by Crippen LogP contribution is 2.21. The molecule has 0 spiro atoms. The Morgan fingerprint density at radius 2 is 1.81 bits per heavy atom. The third-order valence-corrected chi connectivity index (χ3v) is 5.01. The van der Waals surface area contributed by atoms with Gasteiger partial charge in [-0.1, -0.05) is 6.07 Å². The molecule has 27 heavy (non-hydrogen) atoms. The molecule has 0 atom stereocenters. The molecular weight excluding hydrogens is 364 g/mol. The number of aryl methyl sites for hydroxylation is 2. The van der Waals surface area contributed by atoms with Gasteiger partial charge >= 0.3 is 5.97 Å². The van der Waals surface area contributed by atoms with Gasteiger partial charge < -0.3 is 15.0 Å². The predicted molar refractivity (Wildman–Crippen MR) is 106 cm³/mol. The largest absolute Gasteiger partial charge is 0.452 e. The van der Waals surface area contributed by atoms with E-state index in [1.54, 1.807) is 35.2 Å². The van der Waals surface area contributed by atoms with E-state index in [9.17, 15) is 14.4 Å². The topological polar surface area (TPSA) is 75.7 Å². The standard InChI is InChI=1S/C20H24N2O4S/c1-5-22(6-2)19(24)15-8-7-9-16(11-15)21-18(23)12-26-20(25)17-10-13(3)27-14(17)4/h7-11H,5-6,12H2,1-4H3,(H,21,23). The van der Waals surface area contributed by atoms with Crippen LogP contribution in [0.15, 0.2) is 30.3 Å². The molecule has 1 aromatic heterocycles. The van der Waals surface area contributed by atoms with Crippen LogP contribution in [0.4, 0.5) is 5.69 Å². The van der Waals surface area contributed by atoms with Crippen LogP contribution >= 0.6 is 11.3 Å². The van der Waals surface area contributed by atoms with Gasteiger partial charge in [0.2, 0.25) is 0 Å². The molecule has 1 aromatic carbocycles. The second-order valence-electron chi connectivity index (χ2n) is 6.01. The zero-order valence-electron chi connectivity index (χ0n) is 16.0. The Morgan fingerprint density at radius 3 is 2.41 bits per heavy atom. The molecule has 0 saturated carbocycles. The Bertz CT molecular complexity index is 840. The van der Waals surface area contributed by atoms with Crippen molar-refractivity contribution in [2.75, 3.05) is 25.0 Å². The number of nitrogens with zero attached hydrogens (tertiary/aromatic N) is 1. The van der Waals surface area contributed by atoms with Crippen molar-refractivity contribution in [1.29, 1.82) is 0 Å². The Balaban J connectivity index is 1.96. The van der Waals surface area contributed by atoms with Crippen LogP contribution in [0.3, 0.4) is 0 Å². The van der Waals surface area contributed by atoms with Crippen molar-refractivity contribution in [2.24, 2.45) is 0 Å². The van der Waals surface area contributed by atoms with Gasteiger partial charge in [0.05, 0.1) is 5.56 Å². The zero-order chi connectivity index (χ0) is 20.0. The van der Waals surface area contributed by atoms with Gasteiger partial charge in [-0.05, 0) is 52.0 Å². The summed E-state index contributed by atoms with van der Waals surface area (Å²) < 4.78 is 5.09. The molecule has 0 radical (unpaired) electrons. The lowest BCUT2D eigenvalue weighted by Gasteiger charge is -2.19. The molecule has 2 aromatic rings. The summed E-state index contributed by atoms with van der Waals surface area (Å²) in [6.07, 6.45) is 0. The highest BCUT2D eigenvalue weighted by Gasteiger charge is 2.16. The summed E-state index contributed by atoms with van der Waals surface area (Å²) in [5.41, 5.74) is 1.46. The van der Waals surface area contributed by atoms with E-state index in [0.717, 1.165) is 9.75 Å². The van der Waals surface area contributed by atoms with E-state index in [4.69, 9.17) is 4.74 Å². The van der Waals surface area contributed by atoms with Gasteiger partial charge in [0.1, 0.15) is 0 Å². The lowest BCUT2D eigenvalue weighted by atomic mass is 10.1. The number of ether oxygens (including phenoxy) is 1. The molecule has 0 aliphatic rings. The minimum Gasteiger partial charge on any atom is -0.452 e. The van der Waals surface area contributed by atoms with E-state index >= 15 is 0 Å². The summed E-state index contributed by atoms with van der Waals surface area (Å²) in [6.45, 7) is 8.42. The molecule has 0 fully saturated rings. The van der Waals surface area contributed by atoms with Crippen LogP contribution in [0.1, 0.15) is 44.3 Å². The minimum atomic E-state index is -0.516. The Hall–Kier alpha value is -2.67. The van der Waals surface area contributed by atoms with Crippen molar-refractivity contribution in [1.82, 2.24) is 4.90 Å². The summed E-state index contributed by atoms with van der Waals surface area (Å²) in [6, 6.07) is 8.47. The fraction of sp³-hybridized carbons (Fsp3) is 0.350. The van der Waals surface area contributed by atoms with Crippen LogP contribution in [-0.4, -0.2) is 42.4 Å². The average molecular weight is 388 g/mol. The number of esters is 1. The minimum absolute atomic E-state index is 0.0918. The molecule has 0 aliphatic carbocycles. The van der Waals surface area contributed by atoms with Crippen LogP contribution < -0.4 is 5.32 Å². The number of hydrogen-bond donors (Lipinski definition) is 1. The van der Waals surface area contributed by atoms with Crippen molar-refractivity contribution in [3.8, 4) is 0 Å². The SMILES string of the molecule is CCN(CC)C(=O)c1cccc(NC(=O)COC(=O)c2cc(C)sc2C)c1. The maximum atomic E-state index is 12.4. The maximum absolute atomic E-state index is 12.4. The zero-order valence-corrected chi connectivity index (χ0v) is 16.8. The van der Waals surface area contributed by atoms with Crippen LogP contribution in [0, 0.1) is 13.8 Å². The third kappa shape index (κ3) is 5.40. The Morgan fingerprint density at radius 1 is 1.11 bits per heavy atom.